The van der Waals surface area contributed by atoms with Crippen molar-refractivity contribution in [2.45, 2.75) is 31.0 Å². The summed E-state index contributed by atoms with van der Waals surface area (Å²) in [5, 5.41) is 13.9. The summed E-state index contributed by atoms with van der Waals surface area (Å²) < 4.78 is 39.8. The van der Waals surface area contributed by atoms with Crippen LogP contribution < -0.4 is 0 Å². The molecule has 0 fully saturated rings. The minimum absolute atomic E-state index is 0.334. The average molecular weight is 537 g/mol. The van der Waals surface area contributed by atoms with E-state index in [-0.39, 0.29) is 0 Å². The SMILES string of the molecule is C1=CC2C=CC3=C([N-]CCC3)C2[N-]C1.C1=CC2C=CC3C=CC[N-]C3C2N=C1.O=S(=O)(O)O.[O]=[V]. The molecule has 0 aromatic carbocycles. The van der Waals surface area contributed by atoms with Gasteiger partial charge in [-0.2, -0.15) is 14.1 Å². The van der Waals surface area contributed by atoms with Crippen LogP contribution in [-0.2, 0) is 31.4 Å². The number of fused-ring (bicyclic) bond motifs is 5. The number of hydrogen-bond donors (Lipinski definition) is 2. The van der Waals surface area contributed by atoms with Gasteiger partial charge in [-0.3, -0.25) is 14.1 Å². The van der Waals surface area contributed by atoms with Crippen molar-refractivity contribution < 1.29 is 38.6 Å². The van der Waals surface area contributed by atoms with E-state index in [1.807, 2.05) is 12.3 Å². The van der Waals surface area contributed by atoms with Gasteiger partial charge >= 0.3 is 31.4 Å². The molecule has 0 amide bonds. The van der Waals surface area contributed by atoms with Crippen molar-refractivity contribution in [3.05, 3.63) is 88.0 Å². The zero-order valence-electron chi connectivity index (χ0n) is 19.1. The van der Waals surface area contributed by atoms with E-state index in [2.05, 4.69) is 75.6 Å². The van der Waals surface area contributed by atoms with E-state index in [1.165, 1.54) is 24.1 Å². The summed E-state index contributed by atoms with van der Waals surface area (Å²) >= 11 is 1.06. The molecule has 6 aliphatic rings. The summed E-state index contributed by atoms with van der Waals surface area (Å²) in [6.45, 7) is 2.72. The van der Waals surface area contributed by atoms with E-state index >= 15 is 0 Å². The van der Waals surface area contributed by atoms with Gasteiger partial charge in [0.15, 0.2) is 0 Å². The molecule has 6 rings (SSSR count). The Morgan fingerprint density at radius 1 is 0.914 bits per heavy atom. The monoisotopic (exact) mass is 536 g/mol. The summed E-state index contributed by atoms with van der Waals surface area (Å²) in [5.74, 6) is 1.43. The molecule has 6 unspecified atom stereocenters. The van der Waals surface area contributed by atoms with Gasteiger partial charge in [0, 0.05) is 18.2 Å². The molecule has 0 saturated carbocycles. The molecule has 0 aromatic rings. The molecule has 4 aliphatic heterocycles. The number of dihydropyridines is 1. The summed E-state index contributed by atoms with van der Waals surface area (Å²) in [5.41, 5.74) is 2.70. The Bertz CT molecular complexity index is 1040. The molecule has 0 saturated heterocycles. The van der Waals surface area contributed by atoms with Gasteiger partial charge in [0.25, 0.3) is 0 Å². The van der Waals surface area contributed by atoms with Crippen molar-refractivity contribution in [2.24, 2.45) is 22.7 Å². The van der Waals surface area contributed by atoms with Crippen LogP contribution in [0.1, 0.15) is 12.8 Å². The second kappa shape index (κ2) is 13.4. The molecular weight excluding hydrogens is 507 g/mol. The fraction of sp³-hybridized carbons (Fsp3) is 0.458. The Hall–Kier alpha value is -1.92. The van der Waals surface area contributed by atoms with Gasteiger partial charge in [0.1, 0.15) is 0 Å². The third kappa shape index (κ3) is 8.04. The van der Waals surface area contributed by atoms with Gasteiger partial charge in [-0.1, -0.05) is 54.5 Å². The maximum absolute atomic E-state index is 8.74. The van der Waals surface area contributed by atoms with Crippen LogP contribution in [0.25, 0.3) is 16.0 Å². The van der Waals surface area contributed by atoms with Crippen molar-refractivity contribution in [3.8, 4) is 0 Å². The number of allylic oxidation sites excluding steroid dienone is 3. The van der Waals surface area contributed by atoms with Crippen LogP contribution >= 0.6 is 0 Å². The number of rotatable bonds is 0. The third-order valence-electron chi connectivity index (χ3n) is 6.30. The summed E-state index contributed by atoms with van der Waals surface area (Å²) in [6.07, 6.45) is 26.5. The molecule has 9 nitrogen and oxygen atoms in total. The van der Waals surface area contributed by atoms with Crippen molar-refractivity contribution in [1.82, 2.24) is 0 Å². The molecule has 0 radical (unpaired) electrons. The second-order valence-corrected chi connectivity index (χ2v) is 9.41. The fourth-order valence-electron chi connectivity index (χ4n) is 4.88. The topological polar surface area (TPSA) is 146 Å². The van der Waals surface area contributed by atoms with Crippen molar-refractivity contribution >= 4 is 16.6 Å². The van der Waals surface area contributed by atoms with Crippen LogP contribution in [-0.4, -0.2) is 61.5 Å². The molecule has 0 spiro atoms. The summed E-state index contributed by atoms with van der Waals surface area (Å²) in [6, 6.07) is 1.05. The zero-order chi connectivity index (χ0) is 25.3. The van der Waals surface area contributed by atoms with Crippen molar-refractivity contribution in [2.75, 3.05) is 19.6 Å². The van der Waals surface area contributed by atoms with Gasteiger partial charge in [0.05, 0.1) is 0 Å². The normalized spacial score (nSPS) is 33.1. The quantitative estimate of drug-likeness (QED) is 0.351. The predicted molar refractivity (Wildman–Crippen MR) is 132 cm³/mol. The zero-order valence-corrected chi connectivity index (χ0v) is 21.3. The second-order valence-electron chi connectivity index (χ2n) is 8.52. The van der Waals surface area contributed by atoms with Gasteiger partial charge in [-0.25, -0.2) is 0 Å². The van der Waals surface area contributed by atoms with Crippen molar-refractivity contribution in [1.29, 1.82) is 0 Å². The van der Waals surface area contributed by atoms with Crippen LogP contribution in [0.5, 0.6) is 0 Å². The Balaban J connectivity index is 0.000000156. The van der Waals surface area contributed by atoms with E-state index in [0.717, 1.165) is 37.0 Å². The number of hydrogen-bond acceptors (Lipinski definition) is 4. The Labute approximate surface area is 216 Å². The molecule has 6 atom stereocenters. The molecule has 0 bridgehead atoms. The number of nitrogens with zero attached hydrogens (tertiary/aromatic N) is 4. The molecule has 11 heteroatoms. The van der Waals surface area contributed by atoms with E-state index in [1.54, 1.807) is 0 Å². The maximum atomic E-state index is 8.74. The van der Waals surface area contributed by atoms with E-state index in [9.17, 15) is 0 Å². The summed E-state index contributed by atoms with van der Waals surface area (Å²) in [7, 11) is -4.67. The van der Waals surface area contributed by atoms with Crippen LogP contribution in [0.2, 0.25) is 0 Å². The van der Waals surface area contributed by atoms with Gasteiger partial charge in [-0.05, 0) is 24.3 Å². The molecular formula is C24H29N4O5SV-3. The third-order valence-corrected chi connectivity index (χ3v) is 6.30. The number of aliphatic imine (C=N–C) groups is 1. The first kappa shape index (κ1) is 27.7. The minimum atomic E-state index is -4.67. The fourth-order valence-corrected chi connectivity index (χ4v) is 4.88. The van der Waals surface area contributed by atoms with Crippen LogP contribution in [0.4, 0.5) is 0 Å². The van der Waals surface area contributed by atoms with Gasteiger partial charge < -0.3 is 16.0 Å². The van der Waals surface area contributed by atoms with Gasteiger partial charge in [0.2, 0.25) is 0 Å². The van der Waals surface area contributed by atoms with Crippen molar-refractivity contribution in [3.63, 3.8) is 0 Å². The Morgan fingerprint density at radius 2 is 1.60 bits per heavy atom. The molecule has 4 heterocycles. The Kier molecular flexibility index (Phi) is 10.6. The first-order valence-electron chi connectivity index (χ1n) is 11.4. The Morgan fingerprint density at radius 3 is 2.37 bits per heavy atom. The van der Waals surface area contributed by atoms with E-state index in [4.69, 9.17) is 21.2 Å². The predicted octanol–water partition coefficient (Wildman–Crippen LogP) is 4.24. The molecule has 35 heavy (non-hydrogen) atoms. The van der Waals surface area contributed by atoms with Crippen LogP contribution in [0, 0.1) is 17.8 Å². The molecule has 2 aliphatic carbocycles. The van der Waals surface area contributed by atoms with E-state index < -0.39 is 10.4 Å². The van der Waals surface area contributed by atoms with Crippen LogP contribution in [0.3, 0.4) is 0 Å². The van der Waals surface area contributed by atoms with Crippen LogP contribution in [0.15, 0.2) is 77.0 Å². The molecule has 2 N–H and O–H groups in total. The first-order valence-corrected chi connectivity index (χ1v) is 13.4. The summed E-state index contributed by atoms with van der Waals surface area (Å²) in [4.78, 5) is 4.55. The van der Waals surface area contributed by atoms with E-state index in [0.29, 0.717) is 35.9 Å². The van der Waals surface area contributed by atoms with Gasteiger partial charge in [-0.15, -0.1) is 43.9 Å². The molecule has 0 aromatic heterocycles. The first-order chi connectivity index (χ1) is 16.9. The molecule has 189 valence electrons. The standard InChI is InChI=1S/C12H14N2.C12H13N2.H2O4S.O.V/c2*1-3-9-5-6-10-4-2-8-14-12(10)11(9)13-7-1;1-5(2,3)4;;/h1,3,5-6,9,11H,2,4,7-8H2;1-7,9-12H,8H2;(H2,1,2,3,4);;/q-2;-1;;;. The average Bonchev–Trinajstić information content (AvgIpc) is 2.89.